The maximum Gasteiger partial charge on any atom is 0.282 e. The lowest BCUT2D eigenvalue weighted by Crippen LogP contribution is -2.51. The number of carbonyl (C=O) groups excluding carboxylic acids is 1. The molecule has 1 amide bonds. The molecular weight excluding hydrogens is 360 g/mol. The Morgan fingerprint density at radius 1 is 1.38 bits per heavy atom. The fourth-order valence-corrected chi connectivity index (χ4v) is 3.55. The van der Waals surface area contributed by atoms with E-state index >= 15 is 0 Å². The zero-order valence-corrected chi connectivity index (χ0v) is 13.7. The largest absolute Gasteiger partial charge is 0.346 e. The molecule has 7 heteroatoms. The summed E-state index contributed by atoms with van der Waals surface area (Å²) in [5.41, 5.74) is -0.540. The molecule has 0 atom stereocenters. The van der Waals surface area contributed by atoms with Gasteiger partial charge in [0.25, 0.3) is 11.6 Å². The minimum Gasteiger partial charge on any atom is -0.346 e. The molecule has 1 N–H and O–H groups in total. The highest BCUT2D eigenvalue weighted by Crippen LogP contribution is 2.31. The number of nitro groups is 1. The van der Waals surface area contributed by atoms with Gasteiger partial charge >= 0.3 is 0 Å². The maximum absolute atomic E-state index is 12.5. The summed E-state index contributed by atoms with van der Waals surface area (Å²) in [5.74, 6) is -0.439. The highest BCUT2D eigenvalue weighted by atomic mass is 79.9. The average molecular weight is 376 g/mol. The first-order chi connectivity index (χ1) is 9.97. The molecule has 0 heterocycles. The minimum absolute atomic E-state index is 0.0124. The quantitative estimate of drug-likeness (QED) is 0.490. The highest BCUT2D eigenvalue weighted by Gasteiger charge is 2.34. The van der Waals surface area contributed by atoms with Crippen molar-refractivity contribution < 1.29 is 9.72 Å². The van der Waals surface area contributed by atoms with Crippen LogP contribution < -0.4 is 5.32 Å². The van der Waals surface area contributed by atoms with Crippen LogP contribution in [-0.2, 0) is 0 Å². The maximum atomic E-state index is 12.5. The van der Waals surface area contributed by atoms with Crippen LogP contribution in [0.1, 0.15) is 42.5 Å². The number of hydrogen-bond acceptors (Lipinski definition) is 3. The molecule has 1 aromatic carbocycles. The van der Waals surface area contributed by atoms with E-state index in [1.807, 2.05) is 0 Å². The molecule has 1 aliphatic carbocycles. The normalized spacial score (nSPS) is 17.2. The second kappa shape index (κ2) is 6.75. The average Bonchev–Trinajstić information content (AvgIpc) is 2.47. The summed E-state index contributed by atoms with van der Waals surface area (Å²) in [6.07, 6.45) is 4.99. The van der Waals surface area contributed by atoms with Crippen molar-refractivity contribution in [1.29, 1.82) is 0 Å². The van der Waals surface area contributed by atoms with Gasteiger partial charge in [-0.3, -0.25) is 14.9 Å². The van der Waals surface area contributed by atoms with Crippen molar-refractivity contribution in [3.05, 3.63) is 38.9 Å². The summed E-state index contributed by atoms with van der Waals surface area (Å²) in [7, 11) is 0. The topological polar surface area (TPSA) is 72.2 Å². The fourth-order valence-electron chi connectivity index (χ4n) is 2.68. The van der Waals surface area contributed by atoms with Crippen LogP contribution >= 0.6 is 27.5 Å². The monoisotopic (exact) mass is 374 g/mol. The number of amides is 1. The molecule has 5 nitrogen and oxygen atoms in total. The van der Waals surface area contributed by atoms with Gasteiger partial charge < -0.3 is 5.32 Å². The number of nitro benzene ring substituents is 1. The number of halogens is 2. The van der Waals surface area contributed by atoms with E-state index in [1.165, 1.54) is 18.2 Å². The van der Waals surface area contributed by atoms with Crippen LogP contribution in [-0.4, -0.2) is 21.7 Å². The molecule has 0 bridgehead atoms. The number of carbonyl (C=O) groups is 1. The molecule has 1 saturated carbocycles. The molecule has 21 heavy (non-hydrogen) atoms. The van der Waals surface area contributed by atoms with Crippen molar-refractivity contribution in [2.45, 2.75) is 37.6 Å². The first-order valence-electron chi connectivity index (χ1n) is 6.80. The van der Waals surface area contributed by atoms with E-state index in [4.69, 9.17) is 11.6 Å². The van der Waals surface area contributed by atoms with Crippen LogP contribution in [0.4, 0.5) is 5.69 Å². The molecule has 1 aromatic rings. The van der Waals surface area contributed by atoms with E-state index in [0.29, 0.717) is 10.4 Å². The van der Waals surface area contributed by atoms with Gasteiger partial charge in [0.2, 0.25) is 0 Å². The molecule has 2 rings (SSSR count). The number of rotatable bonds is 4. The van der Waals surface area contributed by atoms with Gasteiger partial charge in [0.1, 0.15) is 5.56 Å². The van der Waals surface area contributed by atoms with E-state index in [0.717, 1.165) is 32.1 Å². The SMILES string of the molecule is O=C(NC1(CBr)CCCCC1)c1cc(Cl)ccc1[N+](=O)[O-]. The van der Waals surface area contributed by atoms with Crippen molar-refractivity contribution in [3.8, 4) is 0 Å². The van der Waals surface area contributed by atoms with Gasteiger partial charge in [-0.15, -0.1) is 0 Å². The van der Waals surface area contributed by atoms with Gasteiger partial charge in [-0.2, -0.15) is 0 Å². The van der Waals surface area contributed by atoms with Crippen LogP contribution in [0.15, 0.2) is 18.2 Å². The van der Waals surface area contributed by atoms with Crippen LogP contribution in [0.2, 0.25) is 5.02 Å². The van der Waals surface area contributed by atoms with Gasteiger partial charge in [0.05, 0.1) is 10.5 Å². The van der Waals surface area contributed by atoms with Gasteiger partial charge in [-0.1, -0.05) is 46.8 Å². The van der Waals surface area contributed by atoms with E-state index in [9.17, 15) is 14.9 Å². The van der Waals surface area contributed by atoms with Crippen LogP contribution in [0.3, 0.4) is 0 Å². The summed E-state index contributed by atoms with van der Waals surface area (Å²) in [6.45, 7) is 0. The van der Waals surface area contributed by atoms with Crippen LogP contribution in [0.5, 0.6) is 0 Å². The number of nitrogens with one attached hydrogen (secondary N) is 1. The molecule has 1 fully saturated rings. The summed E-state index contributed by atoms with van der Waals surface area (Å²) in [6, 6.07) is 4.02. The van der Waals surface area contributed by atoms with E-state index in [-0.39, 0.29) is 16.8 Å². The molecule has 0 spiro atoms. The van der Waals surface area contributed by atoms with E-state index < -0.39 is 10.8 Å². The Morgan fingerprint density at radius 3 is 2.62 bits per heavy atom. The Balaban J connectivity index is 2.27. The Morgan fingerprint density at radius 2 is 2.05 bits per heavy atom. The van der Waals surface area contributed by atoms with Gasteiger partial charge in [-0.05, 0) is 25.0 Å². The predicted octanol–water partition coefficient (Wildman–Crippen LogP) is 4.08. The van der Waals surface area contributed by atoms with Crippen molar-refractivity contribution >= 4 is 39.1 Å². The third-order valence-electron chi connectivity index (χ3n) is 3.85. The highest BCUT2D eigenvalue weighted by molar-refractivity contribution is 9.09. The van der Waals surface area contributed by atoms with Crippen molar-refractivity contribution in [2.75, 3.05) is 5.33 Å². The van der Waals surface area contributed by atoms with Crippen LogP contribution in [0.25, 0.3) is 0 Å². The Bertz CT molecular complexity index is 559. The van der Waals surface area contributed by atoms with Crippen molar-refractivity contribution in [2.24, 2.45) is 0 Å². The predicted molar refractivity (Wildman–Crippen MR) is 85.2 cm³/mol. The van der Waals surface area contributed by atoms with Gasteiger partial charge in [-0.25, -0.2) is 0 Å². The number of nitrogens with zero attached hydrogens (tertiary/aromatic N) is 1. The first-order valence-corrected chi connectivity index (χ1v) is 8.30. The second-order valence-corrected chi connectivity index (χ2v) is 6.34. The molecule has 114 valence electrons. The van der Waals surface area contributed by atoms with E-state index in [1.54, 1.807) is 0 Å². The first kappa shape index (κ1) is 16.2. The third kappa shape index (κ3) is 3.74. The Hall–Kier alpha value is -1.14. The summed E-state index contributed by atoms with van der Waals surface area (Å²) >= 11 is 9.32. The zero-order chi connectivity index (χ0) is 15.5. The summed E-state index contributed by atoms with van der Waals surface area (Å²) in [4.78, 5) is 22.9. The molecule has 0 aromatic heterocycles. The standard InChI is InChI=1S/C14H16BrClN2O3/c15-9-14(6-2-1-3-7-14)17-13(19)11-8-10(16)4-5-12(11)18(20)21/h4-5,8H,1-3,6-7,9H2,(H,17,19). The second-order valence-electron chi connectivity index (χ2n) is 5.35. The molecule has 0 aliphatic heterocycles. The van der Waals surface area contributed by atoms with Crippen LogP contribution in [0, 0.1) is 10.1 Å². The lowest BCUT2D eigenvalue weighted by molar-refractivity contribution is -0.385. The minimum atomic E-state index is -0.563. The molecule has 1 aliphatic rings. The molecular formula is C14H16BrClN2O3. The lowest BCUT2D eigenvalue weighted by Gasteiger charge is -2.36. The lowest BCUT2D eigenvalue weighted by atomic mass is 9.83. The smallest absolute Gasteiger partial charge is 0.282 e. The fraction of sp³-hybridized carbons (Fsp3) is 0.500. The van der Waals surface area contributed by atoms with Gasteiger partial charge in [0, 0.05) is 16.4 Å². The Labute approximate surface area is 136 Å². The van der Waals surface area contributed by atoms with Crippen molar-refractivity contribution in [1.82, 2.24) is 5.32 Å². The molecule has 0 radical (unpaired) electrons. The number of hydrogen-bond donors (Lipinski definition) is 1. The zero-order valence-electron chi connectivity index (χ0n) is 11.4. The Kier molecular flexibility index (Phi) is 5.22. The summed E-state index contributed by atoms with van der Waals surface area (Å²) in [5, 5.41) is 15.0. The van der Waals surface area contributed by atoms with E-state index in [2.05, 4.69) is 21.2 Å². The van der Waals surface area contributed by atoms with Crippen molar-refractivity contribution in [3.63, 3.8) is 0 Å². The number of alkyl halides is 1. The number of benzene rings is 1. The summed E-state index contributed by atoms with van der Waals surface area (Å²) < 4.78 is 0. The third-order valence-corrected chi connectivity index (χ3v) is 5.15. The molecule has 0 unspecified atom stereocenters. The molecule has 0 saturated heterocycles. The van der Waals surface area contributed by atoms with Gasteiger partial charge in [0.15, 0.2) is 0 Å².